The molecule has 224 valence electrons. The summed E-state index contributed by atoms with van der Waals surface area (Å²) in [5.74, 6) is -2.99. The van der Waals surface area contributed by atoms with E-state index >= 15 is 0 Å². The lowest BCUT2D eigenvalue weighted by molar-refractivity contribution is -0.144. The zero-order chi connectivity index (χ0) is 30.3. The van der Waals surface area contributed by atoms with Crippen LogP contribution in [-0.2, 0) is 19.2 Å². The summed E-state index contributed by atoms with van der Waals surface area (Å²) >= 11 is 0. The fourth-order valence-corrected chi connectivity index (χ4v) is 9.46. The van der Waals surface area contributed by atoms with E-state index in [1.54, 1.807) is 23.1 Å². The Balaban J connectivity index is 1.30. The van der Waals surface area contributed by atoms with Crippen LogP contribution < -0.4 is 4.90 Å². The number of benzene rings is 3. The first-order valence-corrected chi connectivity index (χ1v) is 16.0. The van der Waals surface area contributed by atoms with Crippen molar-refractivity contribution < 1.29 is 24.3 Å². The highest BCUT2D eigenvalue weighted by atomic mass is 16.3. The molecule has 0 spiro atoms. The average molecular weight is 589 g/mol. The summed E-state index contributed by atoms with van der Waals surface area (Å²) in [6.07, 6.45) is 7.78. The molecule has 3 aliphatic carbocycles. The van der Waals surface area contributed by atoms with Crippen LogP contribution in [0.2, 0.25) is 0 Å². The van der Waals surface area contributed by atoms with Gasteiger partial charge in [-0.1, -0.05) is 79.4 Å². The van der Waals surface area contributed by atoms with Crippen molar-refractivity contribution in [1.82, 2.24) is 4.90 Å². The van der Waals surface area contributed by atoms with Crippen LogP contribution >= 0.6 is 0 Å². The topological polar surface area (TPSA) is 95.0 Å². The third-order valence-corrected chi connectivity index (χ3v) is 11.5. The molecule has 6 unspecified atom stereocenters. The van der Waals surface area contributed by atoms with Gasteiger partial charge in [0.25, 0.3) is 0 Å². The number of carbonyl (C=O) groups is 4. The normalized spacial score (nSPS) is 32.1. The first-order chi connectivity index (χ1) is 21.3. The predicted octanol–water partition coefficient (Wildman–Crippen LogP) is 6.11. The Morgan fingerprint density at radius 1 is 0.773 bits per heavy atom. The fraction of sp³-hybridized carbons (Fsp3) is 0.405. The van der Waals surface area contributed by atoms with Gasteiger partial charge in [0, 0.05) is 17.3 Å². The van der Waals surface area contributed by atoms with Gasteiger partial charge in [-0.3, -0.25) is 24.1 Å². The summed E-state index contributed by atoms with van der Waals surface area (Å²) < 4.78 is 0. The summed E-state index contributed by atoms with van der Waals surface area (Å²) in [6, 6.07) is 20.1. The van der Waals surface area contributed by atoms with E-state index in [-0.39, 0.29) is 41.3 Å². The van der Waals surface area contributed by atoms with Crippen LogP contribution in [0.3, 0.4) is 0 Å². The smallest absolute Gasteiger partial charge is 0.241 e. The lowest BCUT2D eigenvalue weighted by atomic mass is 9.51. The van der Waals surface area contributed by atoms with Crippen LogP contribution in [-0.4, -0.2) is 39.7 Å². The molecule has 0 bridgehead atoms. The van der Waals surface area contributed by atoms with Crippen LogP contribution in [0, 0.1) is 29.1 Å². The Hall–Kier alpha value is -4.26. The largest absolute Gasteiger partial charge is 0.507 e. The van der Waals surface area contributed by atoms with Crippen molar-refractivity contribution in [3.63, 3.8) is 0 Å². The van der Waals surface area contributed by atoms with E-state index in [0.717, 1.165) is 48.6 Å². The molecule has 2 aliphatic heterocycles. The fourth-order valence-electron chi connectivity index (χ4n) is 9.46. The van der Waals surface area contributed by atoms with Crippen molar-refractivity contribution in [2.45, 2.75) is 63.8 Å². The third-order valence-electron chi connectivity index (χ3n) is 11.5. The molecular weight excluding hydrogens is 552 g/mol. The Kier molecular flexibility index (Phi) is 6.13. The highest BCUT2D eigenvalue weighted by molar-refractivity contribution is 6.24. The van der Waals surface area contributed by atoms with Gasteiger partial charge >= 0.3 is 0 Å². The molecule has 4 amide bonds. The van der Waals surface area contributed by atoms with Crippen molar-refractivity contribution in [2.75, 3.05) is 4.90 Å². The molecule has 2 saturated heterocycles. The second-order valence-electron chi connectivity index (χ2n) is 13.6. The zero-order valence-electron chi connectivity index (χ0n) is 24.8. The minimum atomic E-state index is -1.11. The molecule has 3 aromatic rings. The maximum Gasteiger partial charge on any atom is 0.241 e. The van der Waals surface area contributed by atoms with Gasteiger partial charge in [-0.25, -0.2) is 4.90 Å². The van der Waals surface area contributed by atoms with Gasteiger partial charge in [-0.2, -0.15) is 0 Å². The standard InChI is InChI=1S/C37H36N2O5/c1-37-29(34(42)39(36(37)44)22-12-6-3-7-13-22)20-28-26(32(37)25-18-19-30(40)24-15-9-8-14-23(24)25)16-17-27-31(28)35(43)38(33(27)41)21-10-4-2-5-11-21/h3,6-9,12-16,18-19,21,27-29,31-32,40H,2,4-5,10-11,17,20H2,1H3. The highest BCUT2D eigenvalue weighted by Gasteiger charge is 2.68. The number of nitrogens with zero attached hydrogens (tertiary/aromatic N) is 2. The number of fused-ring (bicyclic) bond motifs is 5. The Bertz CT molecular complexity index is 1760. The number of aromatic hydroxyl groups is 1. The van der Waals surface area contributed by atoms with Gasteiger partial charge in [-0.05, 0) is 67.7 Å². The van der Waals surface area contributed by atoms with E-state index in [2.05, 4.69) is 6.08 Å². The number of rotatable bonds is 3. The van der Waals surface area contributed by atoms with Crippen molar-refractivity contribution >= 4 is 40.1 Å². The van der Waals surface area contributed by atoms with Gasteiger partial charge in [0.2, 0.25) is 23.6 Å². The number of hydrogen-bond donors (Lipinski definition) is 1. The average Bonchev–Trinajstić information content (AvgIpc) is 3.42. The Labute approximate surface area is 256 Å². The lowest BCUT2D eigenvalue weighted by Gasteiger charge is -2.49. The molecule has 0 radical (unpaired) electrons. The minimum absolute atomic E-state index is 0.0493. The number of phenols is 1. The molecule has 0 aromatic heterocycles. The van der Waals surface area contributed by atoms with Crippen molar-refractivity contribution in [3.8, 4) is 5.75 Å². The van der Waals surface area contributed by atoms with E-state index in [1.807, 2.05) is 55.5 Å². The first-order valence-electron chi connectivity index (χ1n) is 16.0. The molecule has 8 rings (SSSR count). The minimum Gasteiger partial charge on any atom is -0.507 e. The molecular formula is C37H36N2O5. The summed E-state index contributed by atoms with van der Waals surface area (Å²) in [5.41, 5.74) is 1.26. The van der Waals surface area contributed by atoms with Crippen molar-refractivity contribution in [3.05, 3.63) is 83.9 Å². The van der Waals surface area contributed by atoms with Crippen LogP contribution in [0.4, 0.5) is 5.69 Å². The summed E-state index contributed by atoms with van der Waals surface area (Å²) in [5, 5.41) is 12.3. The Morgan fingerprint density at radius 2 is 1.48 bits per heavy atom. The predicted molar refractivity (Wildman–Crippen MR) is 165 cm³/mol. The number of para-hydroxylation sites is 1. The molecule has 5 aliphatic rings. The van der Waals surface area contributed by atoms with Crippen LogP contribution in [0.5, 0.6) is 5.75 Å². The van der Waals surface area contributed by atoms with Crippen molar-refractivity contribution in [1.29, 1.82) is 0 Å². The van der Waals surface area contributed by atoms with Gasteiger partial charge in [0.15, 0.2) is 0 Å². The van der Waals surface area contributed by atoms with E-state index in [0.29, 0.717) is 23.9 Å². The maximum atomic E-state index is 14.6. The number of imide groups is 2. The zero-order valence-corrected chi connectivity index (χ0v) is 24.8. The van der Waals surface area contributed by atoms with Crippen LogP contribution in [0.25, 0.3) is 10.8 Å². The van der Waals surface area contributed by atoms with Crippen molar-refractivity contribution in [2.24, 2.45) is 29.1 Å². The SMILES string of the molecule is CC12C(=O)N(c3ccccc3)C(=O)C1CC1C(=CCC3C(=O)N(C4CCCCC4)C(=O)C31)C2c1ccc(O)c2ccccc12. The molecule has 2 saturated carbocycles. The molecule has 7 nitrogen and oxygen atoms in total. The number of allylic oxidation sites excluding steroid dienone is 2. The lowest BCUT2D eigenvalue weighted by Crippen LogP contribution is -2.49. The second-order valence-corrected chi connectivity index (χ2v) is 13.6. The number of hydrogen-bond acceptors (Lipinski definition) is 5. The molecule has 7 heteroatoms. The number of phenolic OH excluding ortho intramolecular Hbond substituents is 1. The maximum absolute atomic E-state index is 14.6. The van der Waals surface area contributed by atoms with Gasteiger partial charge in [-0.15, -0.1) is 0 Å². The molecule has 2 heterocycles. The molecule has 3 aromatic carbocycles. The highest BCUT2D eigenvalue weighted by Crippen LogP contribution is 2.64. The monoisotopic (exact) mass is 588 g/mol. The van der Waals surface area contributed by atoms with E-state index in [9.17, 15) is 24.3 Å². The number of anilines is 1. The number of amides is 4. The molecule has 6 atom stereocenters. The molecule has 44 heavy (non-hydrogen) atoms. The summed E-state index contributed by atoms with van der Waals surface area (Å²) in [6.45, 7) is 1.91. The van der Waals surface area contributed by atoms with Crippen LogP contribution in [0.15, 0.2) is 78.4 Å². The van der Waals surface area contributed by atoms with Gasteiger partial charge in [0.05, 0.1) is 28.9 Å². The first kappa shape index (κ1) is 27.3. The summed E-state index contributed by atoms with van der Waals surface area (Å²) in [4.78, 5) is 60.1. The number of carbonyl (C=O) groups excluding carboxylic acids is 4. The molecule has 1 N–H and O–H groups in total. The van der Waals surface area contributed by atoms with E-state index in [4.69, 9.17) is 0 Å². The van der Waals surface area contributed by atoms with Gasteiger partial charge in [0.1, 0.15) is 5.75 Å². The molecule has 4 fully saturated rings. The summed E-state index contributed by atoms with van der Waals surface area (Å²) in [7, 11) is 0. The van der Waals surface area contributed by atoms with E-state index in [1.165, 1.54) is 4.90 Å². The second kappa shape index (κ2) is 9.88. The number of likely N-dealkylation sites (tertiary alicyclic amines) is 1. The third kappa shape index (κ3) is 3.61. The van der Waals surface area contributed by atoms with Crippen LogP contribution in [0.1, 0.15) is 63.4 Å². The van der Waals surface area contributed by atoms with E-state index < -0.39 is 29.1 Å². The van der Waals surface area contributed by atoms with Gasteiger partial charge < -0.3 is 5.11 Å². The quantitative estimate of drug-likeness (QED) is 0.294. The Morgan fingerprint density at radius 3 is 2.23 bits per heavy atom.